The van der Waals surface area contributed by atoms with Crippen molar-refractivity contribution in [2.45, 2.75) is 32.3 Å². The van der Waals surface area contributed by atoms with Crippen molar-refractivity contribution in [2.75, 3.05) is 13.2 Å². The lowest BCUT2D eigenvalue weighted by Gasteiger charge is -2.27. The van der Waals surface area contributed by atoms with E-state index in [0.717, 1.165) is 48.1 Å². The zero-order valence-corrected chi connectivity index (χ0v) is 21.6. The molecule has 4 aromatic rings. The Morgan fingerprint density at radius 2 is 1.32 bits per heavy atom. The summed E-state index contributed by atoms with van der Waals surface area (Å²) in [6.45, 7) is 6.88. The normalized spacial score (nSPS) is 17.2. The van der Waals surface area contributed by atoms with E-state index in [1.54, 1.807) is 6.07 Å². The summed E-state index contributed by atoms with van der Waals surface area (Å²) in [5.74, 6) is -1.43. The standard InChI is InChI=1S/C34H32F2O2/c1-3-21-37-32-20-18-30(33(35)34(32)36)28-14-10-26(11-15-28)24-6-8-25(9-7-24)27-12-16-29(17-13-27)31-19-5-23(4-2)22-38-31/h4,6-18,20,23,31H,2-3,5,19,21-22H2,1H3. The van der Waals surface area contributed by atoms with Crippen LogP contribution in [0, 0.1) is 17.6 Å². The Labute approximate surface area is 223 Å². The first-order chi connectivity index (χ1) is 18.6. The monoisotopic (exact) mass is 510 g/mol. The van der Waals surface area contributed by atoms with E-state index in [2.05, 4.69) is 55.1 Å². The summed E-state index contributed by atoms with van der Waals surface area (Å²) in [7, 11) is 0. The SMILES string of the molecule is C=CC1CCC(c2ccc(-c3ccc(-c4ccc(-c5ccc(OCCC)c(F)c5F)cc4)cc3)cc2)OC1. The van der Waals surface area contributed by atoms with Crippen molar-refractivity contribution in [1.82, 2.24) is 0 Å². The molecule has 0 saturated carbocycles. The number of hydrogen-bond acceptors (Lipinski definition) is 2. The van der Waals surface area contributed by atoms with Gasteiger partial charge in [-0.1, -0.05) is 85.8 Å². The van der Waals surface area contributed by atoms with Gasteiger partial charge >= 0.3 is 0 Å². The molecule has 38 heavy (non-hydrogen) atoms. The second kappa shape index (κ2) is 11.7. The highest BCUT2D eigenvalue weighted by Gasteiger charge is 2.21. The van der Waals surface area contributed by atoms with Crippen LogP contribution in [0.2, 0.25) is 0 Å². The second-order valence-corrected chi connectivity index (χ2v) is 9.76. The summed E-state index contributed by atoms with van der Waals surface area (Å²) in [6, 6.07) is 27.5. The van der Waals surface area contributed by atoms with Gasteiger partial charge in [0.2, 0.25) is 5.82 Å². The molecule has 2 nitrogen and oxygen atoms in total. The molecule has 4 aromatic carbocycles. The molecule has 0 N–H and O–H groups in total. The van der Waals surface area contributed by atoms with Gasteiger partial charge in [0.15, 0.2) is 11.6 Å². The van der Waals surface area contributed by atoms with Crippen LogP contribution in [0.25, 0.3) is 33.4 Å². The summed E-state index contributed by atoms with van der Waals surface area (Å²) in [6.07, 6.45) is 5.00. The number of benzene rings is 4. The number of ether oxygens (including phenoxy) is 2. The van der Waals surface area contributed by atoms with E-state index < -0.39 is 11.6 Å². The minimum absolute atomic E-state index is 0.0524. The molecule has 0 aliphatic carbocycles. The Hall–Kier alpha value is -3.76. The molecule has 1 fully saturated rings. The van der Waals surface area contributed by atoms with Gasteiger partial charge in [-0.15, -0.1) is 6.58 Å². The first-order valence-electron chi connectivity index (χ1n) is 13.2. The Balaban J connectivity index is 1.27. The lowest BCUT2D eigenvalue weighted by molar-refractivity contribution is -0.00513. The lowest BCUT2D eigenvalue weighted by atomic mass is 9.93. The first-order valence-corrected chi connectivity index (χ1v) is 13.2. The lowest BCUT2D eigenvalue weighted by Crippen LogP contribution is -2.19. The molecule has 5 rings (SSSR count). The predicted molar refractivity (Wildman–Crippen MR) is 150 cm³/mol. The minimum atomic E-state index is -0.948. The summed E-state index contributed by atoms with van der Waals surface area (Å²) in [5.41, 5.74) is 6.40. The van der Waals surface area contributed by atoms with Crippen LogP contribution in [-0.4, -0.2) is 13.2 Å². The average molecular weight is 511 g/mol. The molecule has 2 unspecified atom stereocenters. The van der Waals surface area contributed by atoms with Crippen molar-refractivity contribution in [3.8, 4) is 39.1 Å². The Morgan fingerprint density at radius 3 is 1.82 bits per heavy atom. The Kier molecular flexibility index (Phi) is 8.00. The maximum Gasteiger partial charge on any atom is 0.201 e. The number of hydrogen-bond donors (Lipinski definition) is 0. The van der Waals surface area contributed by atoms with Gasteiger partial charge in [-0.2, -0.15) is 4.39 Å². The highest BCUT2D eigenvalue weighted by Crippen LogP contribution is 2.34. The molecule has 0 radical (unpaired) electrons. The van der Waals surface area contributed by atoms with E-state index in [0.29, 0.717) is 18.1 Å². The maximum atomic E-state index is 14.7. The van der Waals surface area contributed by atoms with Crippen LogP contribution < -0.4 is 4.74 Å². The van der Waals surface area contributed by atoms with Crippen molar-refractivity contribution < 1.29 is 18.3 Å². The minimum Gasteiger partial charge on any atom is -0.490 e. The highest BCUT2D eigenvalue weighted by molar-refractivity contribution is 5.73. The number of halogens is 2. The fraction of sp³-hybridized carbons (Fsp3) is 0.235. The molecule has 0 aromatic heterocycles. The molecule has 1 aliphatic heterocycles. The van der Waals surface area contributed by atoms with Crippen LogP contribution in [0.5, 0.6) is 5.75 Å². The fourth-order valence-electron chi connectivity index (χ4n) is 4.89. The van der Waals surface area contributed by atoms with Crippen LogP contribution in [0.15, 0.2) is 97.6 Å². The van der Waals surface area contributed by atoms with E-state index in [9.17, 15) is 8.78 Å². The molecule has 1 aliphatic rings. The van der Waals surface area contributed by atoms with Gasteiger partial charge in [-0.3, -0.25) is 0 Å². The third kappa shape index (κ3) is 5.56. The van der Waals surface area contributed by atoms with E-state index in [1.165, 1.54) is 11.6 Å². The Morgan fingerprint density at radius 1 is 0.763 bits per heavy atom. The van der Waals surface area contributed by atoms with E-state index in [1.807, 2.05) is 37.3 Å². The van der Waals surface area contributed by atoms with Crippen LogP contribution >= 0.6 is 0 Å². The van der Waals surface area contributed by atoms with E-state index in [-0.39, 0.29) is 17.4 Å². The highest BCUT2D eigenvalue weighted by atomic mass is 19.2. The van der Waals surface area contributed by atoms with Gasteiger partial charge in [-0.05, 0) is 64.8 Å². The first kappa shape index (κ1) is 25.9. The summed E-state index contributed by atoms with van der Waals surface area (Å²) < 4.78 is 40.5. The van der Waals surface area contributed by atoms with Gasteiger partial charge in [0.1, 0.15) is 0 Å². The molecule has 4 heteroatoms. The molecular formula is C34H32F2O2. The van der Waals surface area contributed by atoms with Crippen LogP contribution in [0.3, 0.4) is 0 Å². The van der Waals surface area contributed by atoms with Gasteiger partial charge < -0.3 is 9.47 Å². The summed E-state index contributed by atoms with van der Waals surface area (Å²) in [5, 5.41) is 0. The average Bonchev–Trinajstić information content (AvgIpc) is 2.98. The smallest absolute Gasteiger partial charge is 0.201 e. The maximum absolute atomic E-state index is 14.7. The molecule has 2 atom stereocenters. The van der Waals surface area contributed by atoms with Crippen LogP contribution in [-0.2, 0) is 4.74 Å². The Bertz CT molecular complexity index is 1370. The van der Waals surface area contributed by atoms with Crippen LogP contribution in [0.1, 0.15) is 37.9 Å². The van der Waals surface area contributed by atoms with Crippen molar-refractivity contribution in [3.63, 3.8) is 0 Å². The zero-order valence-electron chi connectivity index (χ0n) is 21.6. The van der Waals surface area contributed by atoms with Gasteiger partial charge in [-0.25, -0.2) is 4.39 Å². The fourth-order valence-corrected chi connectivity index (χ4v) is 4.89. The van der Waals surface area contributed by atoms with Crippen LogP contribution in [0.4, 0.5) is 8.78 Å². The molecule has 0 amide bonds. The third-order valence-electron chi connectivity index (χ3n) is 7.18. The number of rotatable bonds is 8. The molecule has 1 saturated heterocycles. The topological polar surface area (TPSA) is 18.5 Å². The van der Waals surface area contributed by atoms with Crippen molar-refractivity contribution >= 4 is 0 Å². The van der Waals surface area contributed by atoms with Gasteiger partial charge in [0.25, 0.3) is 0 Å². The third-order valence-corrected chi connectivity index (χ3v) is 7.18. The molecule has 1 heterocycles. The molecule has 0 bridgehead atoms. The van der Waals surface area contributed by atoms with Crippen molar-refractivity contribution in [1.29, 1.82) is 0 Å². The van der Waals surface area contributed by atoms with Crippen molar-refractivity contribution in [2.24, 2.45) is 5.92 Å². The quantitative estimate of drug-likeness (QED) is 0.220. The molecule has 194 valence electrons. The summed E-state index contributed by atoms with van der Waals surface area (Å²) in [4.78, 5) is 0. The largest absolute Gasteiger partial charge is 0.490 e. The van der Waals surface area contributed by atoms with E-state index >= 15 is 0 Å². The van der Waals surface area contributed by atoms with E-state index in [4.69, 9.17) is 9.47 Å². The molecule has 0 spiro atoms. The summed E-state index contributed by atoms with van der Waals surface area (Å²) >= 11 is 0. The molecular weight excluding hydrogens is 478 g/mol. The second-order valence-electron chi connectivity index (χ2n) is 9.76. The van der Waals surface area contributed by atoms with Gasteiger partial charge in [0, 0.05) is 11.5 Å². The van der Waals surface area contributed by atoms with Crippen molar-refractivity contribution in [3.05, 3.63) is 115 Å². The van der Waals surface area contributed by atoms with Gasteiger partial charge in [0.05, 0.1) is 19.3 Å². The predicted octanol–water partition coefficient (Wildman–Crippen LogP) is 9.41. The zero-order chi connectivity index (χ0) is 26.5.